The van der Waals surface area contributed by atoms with Crippen molar-refractivity contribution in [1.29, 1.82) is 0 Å². The van der Waals surface area contributed by atoms with Crippen molar-refractivity contribution in [2.75, 3.05) is 25.6 Å². The zero-order valence-electron chi connectivity index (χ0n) is 10.3. The number of hydrogen-bond donors (Lipinski definition) is 2. The highest BCUT2D eigenvalue weighted by atomic mass is 35.5. The molecule has 1 heterocycles. The van der Waals surface area contributed by atoms with E-state index in [0.717, 1.165) is 5.69 Å². The summed E-state index contributed by atoms with van der Waals surface area (Å²) < 4.78 is 5.16. The predicted molar refractivity (Wildman–Crippen MR) is 70.3 cm³/mol. The number of aromatic nitrogens is 1. The number of alkyl halides is 1. The average molecular weight is 273 g/mol. The first-order chi connectivity index (χ1) is 8.65. The fraction of sp³-hybridized carbons (Fsp3) is 0.500. The van der Waals surface area contributed by atoms with E-state index >= 15 is 0 Å². The number of carbonyl (C=O) groups is 1. The molecule has 0 bridgehead atoms. The molecule has 1 aromatic heterocycles. The van der Waals surface area contributed by atoms with Gasteiger partial charge in [0.25, 0.3) is 5.91 Å². The molecular weight excluding hydrogens is 256 g/mol. The Morgan fingerprint density at radius 3 is 2.94 bits per heavy atom. The van der Waals surface area contributed by atoms with Crippen molar-refractivity contribution in [3.05, 3.63) is 33.7 Å². The summed E-state index contributed by atoms with van der Waals surface area (Å²) in [5.74, 6) is 0.0964. The molecule has 1 rings (SSSR count). The van der Waals surface area contributed by atoms with E-state index in [2.05, 4.69) is 10.3 Å². The molecule has 1 aromatic rings. The van der Waals surface area contributed by atoms with Crippen molar-refractivity contribution in [2.45, 2.75) is 13.3 Å². The van der Waals surface area contributed by atoms with E-state index < -0.39 is 0 Å². The number of amides is 1. The molecule has 0 radical (unpaired) electrons. The van der Waals surface area contributed by atoms with Crippen LogP contribution in [-0.4, -0.2) is 36.5 Å². The van der Waals surface area contributed by atoms with E-state index in [1.165, 1.54) is 12.3 Å². The van der Waals surface area contributed by atoms with Gasteiger partial charge in [-0.05, 0) is 13.3 Å². The van der Waals surface area contributed by atoms with Gasteiger partial charge in [-0.15, -0.1) is 11.6 Å². The summed E-state index contributed by atoms with van der Waals surface area (Å²) >= 11 is 5.44. The summed E-state index contributed by atoms with van der Waals surface area (Å²) in [5.41, 5.74) is 0.579. The maximum Gasteiger partial charge on any atom is 0.256 e. The van der Waals surface area contributed by atoms with Gasteiger partial charge < -0.3 is 15.0 Å². The largest absolute Gasteiger partial charge is 0.380 e. The molecule has 18 heavy (non-hydrogen) atoms. The Morgan fingerprint density at radius 1 is 1.50 bits per heavy atom. The molecule has 0 aliphatic rings. The van der Waals surface area contributed by atoms with E-state index in [1.54, 1.807) is 6.92 Å². The summed E-state index contributed by atoms with van der Waals surface area (Å²) in [5, 5.41) is 2.66. The number of pyridine rings is 1. The lowest BCUT2D eigenvalue weighted by molar-refractivity contribution is 0.0943. The maximum atomic E-state index is 11.7. The Bertz CT molecular complexity index is 445. The Hall–Kier alpha value is -1.33. The smallest absolute Gasteiger partial charge is 0.256 e. The molecule has 0 aliphatic heterocycles. The van der Waals surface area contributed by atoms with E-state index in [0.29, 0.717) is 32.1 Å². The minimum Gasteiger partial charge on any atom is -0.380 e. The quantitative estimate of drug-likeness (QED) is 0.576. The van der Waals surface area contributed by atoms with Crippen LogP contribution in [0.1, 0.15) is 22.5 Å². The molecule has 2 N–H and O–H groups in total. The summed E-state index contributed by atoms with van der Waals surface area (Å²) in [6, 6.07) is 1.40. The van der Waals surface area contributed by atoms with Crippen molar-refractivity contribution < 1.29 is 9.53 Å². The highest BCUT2D eigenvalue weighted by Crippen LogP contribution is 1.92. The van der Waals surface area contributed by atoms with E-state index in [4.69, 9.17) is 16.3 Å². The molecule has 0 saturated carbocycles. The Balaban J connectivity index is 2.34. The monoisotopic (exact) mass is 272 g/mol. The summed E-state index contributed by atoms with van der Waals surface area (Å²) in [6.45, 7) is 3.27. The van der Waals surface area contributed by atoms with Crippen LogP contribution in [-0.2, 0) is 4.74 Å². The minimum absolute atomic E-state index is 0.127. The number of carbonyl (C=O) groups excluding carboxylic acids is 1. The van der Waals surface area contributed by atoms with Gasteiger partial charge in [0.15, 0.2) is 5.43 Å². The second-order valence-corrected chi connectivity index (χ2v) is 4.18. The first-order valence-corrected chi connectivity index (χ1v) is 6.30. The van der Waals surface area contributed by atoms with E-state index in [1.807, 2.05) is 0 Å². The standard InChI is InChI=1S/C12H17ClN2O3/c1-9-7-11(16)10(8-15-9)12(17)14-4-2-5-18-6-3-13/h7-8H,2-6H2,1H3,(H,14,17)(H,15,16). The lowest BCUT2D eigenvalue weighted by Crippen LogP contribution is -2.30. The number of hydrogen-bond acceptors (Lipinski definition) is 3. The SMILES string of the molecule is Cc1cc(=O)c(C(=O)NCCCOCCCl)c[nH]1. The lowest BCUT2D eigenvalue weighted by atomic mass is 10.2. The average Bonchev–Trinajstić information content (AvgIpc) is 2.33. The summed E-state index contributed by atoms with van der Waals surface area (Å²) in [4.78, 5) is 26.0. The molecule has 0 spiro atoms. The van der Waals surface area contributed by atoms with Crippen LogP contribution >= 0.6 is 11.6 Å². The van der Waals surface area contributed by atoms with Gasteiger partial charge in [-0.1, -0.05) is 0 Å². The second kappa shape index (κ2) is 7.89. The number of halogens is 1. The third-order valence-electron chi connectivity index (χ3n) is 2.27. The topological polar surface area (TPSA) is 71.2 Å². The van der Waals surface area contributed by atoms with Crippen LogP contribution in [0, 0.1) is 6.92 Å². The zero-order valence-corrected chi connectivity index (χ0v) is 11.0. The molecule has 5 nitrogen and oxygen atoms in total. The summed E-state index contributed by atoms with van der Waals surface area (Å²) in [7, 11) is 0. The highest BCUT2D eigenvalue weighted by molar-refractivity contribution is 6.17. The molecule has 0 aromatic carbocycles. The van der Waals surface area contributed by atoms with Crippen molar-refractivity contribution in [2.24, 2.45) is 0 Å². The number of aryl methyl sites for hydroxylation is 1. The third kappa shape index (κ3) is 4.89. The Morgan fingerprint density at radius 2 is 2.28 bits per heavy atom. The van der Waals surface area contributed by atoms with E-state index in [-0.39, 0.29) is 16.9 Å². The molecule has 0 unspecified atom stereocenters. The van der Waals surface area contributed by atoms with Gasteiger partial charge in [-0.25, -0.2) is 0 Å². The second-order valence-electron chi connectivity index (χ2n) is 3.80. The molecule has 100 valence electrons. The van der Waals surface area contributed by atoms with Crippen LogP contribution in [0.15, 0.2) is 17.1 Å². The van der Waals surface area contributed by atoms with Crippen LogP contribution < -0.4 is 10.7 Å². The molecule has 0 aliphatic carbocycles. The first kappa shape index (κ1) is 14.7. The maximum absolute atomic E-state index is 11.7. The Kier molecular flexibility index (Phi) is 6.46. The molecule has 0 atom stereocenters. The van der Waals surface area contributed by atoms with Crippen molar-refractivity contribution in [1.82, 2.24) is 10.3 Å². The molecule has 0 saturated heterocycles. The van der Waals surface area contributed by atoms with Crippen LogP contribution in [0.2, 0.25) is 0 Å². The number of rotatable bonds is 7. The Labute approximate surface area is 110 Å². The molecule has 6 heteroatoms. The van der Waals surface area contributed by atoms with Gasteiger partial charge in [0.1, 0.15) is 5.56 Å². The zero-order chi connectivity index (χ0) is 13.4. The fourth-order valence-electron chi connectivity index (χ4n) is 1.38. The normalized spacial score (nSPS) is 10.3. The highest BCUT2D eigenvalue weighted by Gasteiger charge is 2.08. The van der Waals surface area contributed by atoms with Crippen LogP contribution in [0.4, 0.5) is 0 Å². The van der Waals surface area contributed by atoms with Gasteiger partial charge in [0.2, 0.25) is 0 Å². The lowest BCUT2D eigenvalue weighted by Gasteiger charge is -2.05. The predicted octanol–water partition coefficient (Wildman–Crippen LogP) is 1.06. The summed E-state index contributed by atoms with van der Waals surface area (Å²) in [6.07, 6.45) is 2.11. The number of aromatic amines is 1. The van der Waals surface area contributed by atoms with Gasteiger partial charge in [-0.3, -0.25) is 9.59 Å². The van der Waals surface area contributed by atoms with Crippen LogP contribution in [0.5, 0.6) is 0 Å². The van der Waals surface area contributed by atoms with Crippen molar-refractivity contribution in [3.8, 4) is 0 Å². The number of nitrogens with one attached hydrogen (secondary N) is 2. The molecule has 0 fully saturated rings. The van der Waals surface area contributed by atoms with Crippen molar-refractivity contribution >= 4 is 17.5 Å². The van der Waals surface area contributed by atoms with Gasteiger partial charge in [0, 0.05) is 37.0 Å². The van der Waals surface area contributed by atoms with Crippen LogP contribution in [0.25, 0.3) is 0 Å². The molecular formula is C12H17ClN2O3. The van der Waals surface area contributed by atoms with Gasteiger partial charge in [0.05, 0.1) is 6.61 Å². The molecule has 1 amide bonds. The number of ether oxygens (including phenoxy) is 1. The fourth-order valence-corrected chi connectivity index (χ4v) is 1.49. The van der Waals surface area contributed by atoms with Crippen molar-refractivity contribution in [3.63, 3.8) is 0 Å². The van der Waals surface area contributed by atoms with Gasteiger partial charge >= 0.3 is 0 Å². The minimum atomic E-state index is -0.367. The van der Waals surface area contributed by atoms with Crippen LogP contribution in [0.3, 0.4) is 0 Å². The third-order valence-corrected chi connectivity index (χ3v) is 2.43. The van der Waals surface area contributed by atoms with Gasteiger partial charge in [-0.2, -0.15) is 0 Å². The first-order valence-electron chi connectivity index (χ1n) is 5.76. The van der Waals surface area contributed by atoms with E-state index in [9.17, 15) is 9.59 Å². The number of H-pyrrole nitrogens is 1.